The molecule has 0 aliphatic carbocycles. The molecule has 6 heteroatoms. The summed E-state index contributed by atoms with van der Waals surface area (Å²) in [6.07, 6.45) is -0.182. The van der Waals surface area contributed by atoms with Crippen LogP contribution in [0.5, 0.6) is 0 Å². The van der Waals surface area contributed by atoms with E-state index in [2.05, 4.69) is 5.32 Å². The molecule has 0 aliphatic heterocycles. The van der Waals surface area contributed by atoms with Crippen molar-refractivity contribution in [2.45, 2.75) is 19.4 Å². The zero-order valence-corrected chi connectivity index (χ0v) is 17.0. The summed E-state index contributed by atoms with van der Waals surface area (Å²) in [4.78, 5) is 37.6. The van der Waals surface area contributed by atoms with E-state index in [-0.39, 0.29) is 18.0 Å². The lowest BCUT2D eigenvalue weighted by Crippen LogP contribution is -2.34. The summed E-state index contributed by atoms with van der Waals surface area (Å²) in [5.41, 5.74) is 2.35. The number of Topliss-reactive ketones (excluding diaryl/α,β-unsaturated/α-hetero) is 2. The van der Waals surface area contributed by atoms with Crippen molar-refractivity contribution in [3.05, 3.63) is 101 Å². The Kier molecular flexibility index (Phi) is 7.27. The molecule has 3 rings (SSSR count). The fourth-order valence-electron chi connectivity index (χ4n) is 2.93. The Morgan fingerprint density at radius 3 is 2.10 bits per heavy atom. The van der Waals surface area contributed by atoms with Gasteiger partial charge in [0.2, 0.25) is 0 Å². The summed E-state index contributed by atoms with van der Waals surface area (Å²) >= 11 is 0. The van der Waals surface area contributed by atoms with Gasteiger partial charge in [0.1, 0.15) is 11.9 Å². The molecule has 0 heterocycles. The van der Waals surface area contributed by atoms with E-state index in [9.17, 15) is 18.8 Å². The molecule has 3 aromatic rings. The van der Waals surface area contributed by atoms with Crippen molar-refractivity contribution >= 4 is 23.2 Å². The first-order chi connectivity index (χ1) is 14.9. The Hall–Kier alpha value is -3.80. The first-order valence-electron chi connectivity index (χ1n) is 9.79. The van der Waals surface area contributed by atoms with Crippen LogP contribution in [0.15, 0.2) is 78.9 Å². The third-order valence-electron chi connectivity index (χ3n) is 4.67. The number of rotatable bonds is 9. The topological polar surface area (TPSA) is 72.5 Å². The molecule has 1 N–H and O–H groups in total. The average Bonchev–Trinajstić information content (AvgIpc) is 2.79. The van der Waals surface area contributed by atoms with Crippen LogP contribution in [0.2, 0.25) is 0 Å². The number of hydrogen-bond acceptors (Lipinski definition) is 5. The zero-order valence-electron chi connectivity index (χ0n) is 17.0. The highest BCUT2D eigenvalue weighted by Crippen LogP contribution is 2.15. The number of esters is 1. The number of benzene rings is 3. The van der Waals surface area contributed by atoms with Crippen LogP contribution in [0.25, 0.3) is 0 Å². The average molecular weight is 419 g/mol. The van der Waals surface area contributed by atoms with Gasteiger partial charge < -0.3 is 10.1 Å². The highest BCUT2D eigenvalue weighted by atomic mass is 19.1. The first kappa shape index (κ1) is 21.9. The fourth-order valence-corrected chi connectivity index (χ4v) is 2.93. The van der Waals surface area contributed by atoms with Crippen molar-refractivity contribution in [3.63, 3.8) is 0 Å². The monoisotopic (exact) mass is 419 g/mol. The molecule has 1 atom stereocenters. The second-order valence-corrected chi connectivity index (χ2v) is 7.09. The van der Waals surface area contributed by atoms with Gasteiger partial charge in [0, 0.05) is 23.2 Å². The molecular formula is C25H22FNO4. The summed E-state index contributed by atoms with van der Waals surface area (Å²) < 4.78 is 18.4. The lowest BCUT2D eigenvalue weighted by atomic mass is 10.0. The van der Waals surface area contributed by atoms with Gasteiger partial charge in [0.25, 0.3) is 0 Å². The predicted octanol–water partition coefficient (Wildman–Crippen LogP) is 4.61. The molecule has 0 bridgehead atoms. The third-order valence-corrected chi connectivity index (χ3v) is 4.67. The molecule has 0 unspecified atom stereocenters. The van der Waals surface area contributed by atoms with E-state index in [0.717, 1.165) is 5.56 Å². The number of nitrogens with one attached hydrogen (secondary N) is 1. The molecule has 0 radical (unpaired) electrons. The van der Waals surface area contributed by atoms with E-state index in [4.69, 9.17) is 4.74 Å². The van der Waals surface area contributed by atoms with Crippen LogP contribution in [0.1, 0.15) is 32.7 Å². The van der Waals surface area contributed by atoms with Crippen molar-refractivity contribution in [3.8, 4) is 0 Å². The van der Waals surface area contributed by atoms with Crippen LogP contribution in [-0.2, 0) is 9.53 Å². The molecule has 0 aromatic heterocycles. The highest BCUT2D eigenvalue weighted by molar-refractivity contribution is 6.01. The number of carbonyl (C=O) groups is 3. The second kappa shape index (κ2) is 10.3. The van der Waals surface area contributed by atoms with E-state index in [1.165, 1.54) is 24.3 Å². The Balaban J connectivity index is 1.70. The number of ketones is 2. The molecule has 0 fully saturated rings. The maximum atomic E-state index is 13.2. The van der Waals surface area contributed by atoms with Gasteiger partial charge in [-0.05, 0) is 31.2 Å². The molecule has 0 saturated carbocycles. The van der Waals surface area contributed by atoms with E-state index in [0.29, 0.717) is 16.8 Å². The minimum absolute atomic E-state index is 0.182. The minimum atomic E-state index is -1.04. The smallest absolute Gasteiger partial charge is 0.329 e. The van der Waals surface area contributed by atoms with Crippen LogP contribution in [0.3, 0.4) is 0 Å². The van der Waals surface area contributed by atoms with E-state index in [1.54, 1.807) is 54.6 Å². The largest absolute Gasteiger partial charge is 0.456 e. The Labute approximate surface area is 179 Å². The van der Waals surface area contributed by atoms with Crippen molar-refractivity contribution < 1.29 is 23.5 Å². The Morgan fingerprint density at radius 2 is 1.45 bits per heavy atom. The van der Waals surface area contributed by atoms with Gasteiger partial charge in [0.15, 0.2) is 18.2 Å². The molecule has 31 heavy (non-hydrogen) atoms. The quantitative estimate of drug-likeness (QED) is 0.405. The standard InChI is InChI=1S/C25H22FNO4/c1-17-7-9-19(10-8-17)24(29)16-31-25(30)22(27-21-13-11-20(26)12-14-21)15-23(28)18-5-3-2-4-6-18/h2-14,22,27H,15-16H2,1H3/t22-/m0/s1. The van der Waals surface area contributed by atoms with E-state index >= 15 is 0 Å². The summed E-state index contributed by atoms with van der Waals surface area (Å²) in [6, 6.07) is 19.8. The van der Waals surface area contributed by atoms with Crippen molar-refractivity contribution in [1.82, 2.24) is 0 Å². The van der Waals surface area contributed by atoms with Gasteiger partial charge in [-0.2, -0.15) is 0 Å². The van der Waals surface area contributed by atoms with Gasteiger partial charge in [0.05, 0.1) is 0 Å². The highest BCUT2D eigenvalue weighted by Gasteiger charge is 2.25. The summed E-state index contributed by atoms with van der Waals surface area (Å²) in [5, 5.41) is 2.90. The maximum Gasteiger partial charge on any atom is 0.329 e. The number of ether oxygens (including phenoxy) is 1. The minimum Gasteiger partial charge on any atom is -0.456 e. The van der Waals surface area contributed by atoms with Crippen LogP contribution in [-0.4, -0.2) is 30.2 Å². The molecule has 3 aromatic carbocycles. The van der Waals surface area contributed by atoms with Crippen LogP contribution >= 0.6 is 0 Å². The molecule has 0 amide bonds. The van der Waals surface area contributed by atoms with E-state index in [1.807, 2.05) is 6.92 Å². The summed E-state index contributed by atoms with van der Waals surface area (Å²) in [6.45, 7) is 1.47. The predicted molar refractivity (Wildman–Crippen MR) is 116 cm³/mol. The Bertz CT molecular complexity index is 1050. The normalized spacial score (nSPS) is 11.4. The SMILES string of the molecule is Cc1ccc(C(=O)COC(=O)[C@H](CC(=O)c2ccccc2)Nc2ccc(F)cc2)cc1. The molecule has 0 aliphatic rings. The van der Waals surface area contributed by atoms with Crippen LogP contribution in [0, 0.1) is 12.7 Å². The summed E-state index contributed by atoms with van der Waals surface area (Å²) in [5.74, 6) is -1.77. The van der Waals surface area contributed by atoms with Crippen molar-refractivity contribution in [2.75, 3.05) is 11.9 Å². The number of halogens is 1. The van der Waals surface area contributed by atoms with E-state index < -0.39 is 24.4 Å². The number of anilines is 1. The van der Waals surface area contributed by atoms with Gasteiger partial charge in [-0.3, -0.25) is 9.59 Å². The number of carbonyl (C=O) groups excluding carboxylic acids is 3. The van der Waals surface area contributed by atoms with Gasteiger partial charge in [-0.15, -0.1) is 0 Å². The summed E-state index contributed by atoms with van der Waals surface area (Å²) in [7, 11) is 0. The first-order valence-corrected chi connectivity index (χ1v) is 9.79. The second-order valence-electron chi connectivity index (χ2n) is 7.09. The van der Waals surface area contributed by atoms with Gasteiger partial charge >= 0.3 is 5.97 Å². The molecular weight excluding hydrogens is 397 g/mol. The molecule has 0 spiro atoms. The molecule has 158 valence electrons. The number of aryl methyl sites for hydroxylation is 1. The lowest BCUT2D eigenvalue weighted by Gasteiger charge is -2.18. The van der Waals surface area contributed by atoms with Gasteiger partial charge in [-0.25, -0.2) is 9.18 Å². The lowest BCUT2D eigenvalue weighted by molar-refractivity contribution is -0.143. The third kappa shape index (κ3) is 6.34. The molecule has 5 nitrogen and oxygen atoms in total. The van der Waals surface area contributed by atoms with Crippen molar-refractivity contribution in [2.24, 2.45) is 0 Å². The van der Waals surface area contributed by atoms with Crippen molar-refractivity contribution in [1.29, 1.82) is 0 Å². The van der Waals surface area contributed by atoms with Gasteiger partial charge in [-0.1, -0.05) is 60.2 Å². The maximum absolute atomic E-state index is 13.2. The molecule has 0 saturated heterocycles. The number of hydrogen-bond donors (Lipinski definition) is 1. The fraction of sp³-hybridized carbons (Fsp3) is 0.160. The zero-order chi connectivity index (χ0) is 22.2. The van der Waals surface area contributed by atoms with Crippen LogP contribution < -0.4 is 5.32 Å². The Morgan fingerprint density at radius 1 is 0.839 bits per heavy atom. The van der Waals surface area contributed by atoms with Crippen LogP contribution in [0.4, 0.5) is 10.1 Å².